The van der Waals surface area contributed by atoms with E-state index in [0.717, 1.165) is 52.0 Å². The van der Waals surface area contributed by atoms with Gasteiger partial charge in [-0.1, -0.05) is 42.5 Å². The van der Waals surface area contributed by atoms with Crippen LogP contribution in [0, 0.1) is 11.3 Å². The molecule has 8 nitrogen and oxygen atoms in total. The summed E-state index contributed by atoms with van der Waals surface area (Å²) in [5.74, 6) is 1.55. The second kappa shape index (κ2) is 9.00. The molecule has 1 fully saturated rings. The summed E-state index contributed by atoms with van der Waals surface area (Å²) in [7, 11) is 0. The zero-order valence-corrected chi connectivity index (χ0v) is 19.7. The lowest BCUT2D eigenvalue weighted by Gasteiger charge is -2.40. The summed E-state index contributed by atoms with van der Waals surface area (Å²) in [6.45, 7) is 1.82. The predicted octanol–water partition coefficient (Wildman–Crippen LogP) is 4.86. The summed E-state index contributed by atoms with van der Waals surface area (Å²) >= 11 is 0. The molecular weight excluding hydrogens is 454 g/mol. The molecule has 8 heteroatoms. The van der Waals surface area contributed by atoms with E-state index < -0.39 is 12.1 Å². The largest absolute Gasteiger partial charge is 0.492 e. The number of anilines is 1. The monoisotopic (exact) mass is 479 g/mol. The zero-order chi connectivity index (χ0) is 24.6. The van der Waals surface area contributed by atoms with E-state index in [2.05, 4.69) is 63.4 Å². The van der Waals surface area contributed by atoms with Crippen LogP contribution in [0.15, 0.2) is 54.9 Å². The number of aromatic nitrogens is 2. The molecule has 0 bridgehead atoms. The molecule has 1 atom stereocenters. The average molecular weight is 480 g/mol. The number of benzene rings is 3. The molecule has 0 radical (unpaired) electrons. The Bertz CT molecular complexity index is 1520. The number of ether oxygens (including phenoxy) is 1. The Balaban J connectivity index is 1.51. The van der Waals surface area contributed by atoms with Crippen LogP contribution in [0.3, 0.4) is 0 Å². The number of nitrogens with zero attached hydrogens (tertiary/aromatic N) is 5. The van der Waals surface area contributed by atoms with Gasteiger partial charge in [-0.15, -0.1) is 0 Å². The fourth-order valence-corrected chi connectivity index (χ4v) is 5.56. The Hall–Kier alpha value is -4.38. The molecule has 3 aromatic carbocycles. The van der Waals surface area contributed by atoms with Crippen molar-refractivity contribution in [1.82, 2.24) is 14.9 Å². The molecule has 36 heavy (non-hydrogen) atoms. The van der Waals surface area contributed by atoms with E-state index in [-0.39, 0.29) is 6.42 Å². The number of piperazine rings is 1. The SMILES string of the molecule is N#CCC1CN(c2ncnc3cc(-c4cccc5ccccc45)c4c(c23)OCCC4)CCN1C(=O)O. The number of carboxylic acid groups (broad SMARTS) is 1. The minimum absolute atomic E-state index is 0.131. The number of fused-ring (bicyclic) bond motifs is 4. The van der Waals surface area contributed by atoms with Crippen molar-refractivity contribution < 1.29 is 14.6 Å². The van der Waals surface area contributed by atoms with Gasteiger partial charge in [-0.2, -0.15) is 5.26 Å². The second-order valence-electron chi connectivity index (χ2n) is 9.24. The van der Waals surface area contributed by atoms with E-state index in [0.29, 0.717) is 26.2 Å². The Morgan fingerprint density at radius 2 is 2.00 bits per heavy atom. The van der Waals surface area contributed by atoms with Gasteiger partial charge < -0.3 is 19.6 Å². The highest BCUT2D eigenvalue weighted by molar-refractivity contribution is 6.04. The molecule has 1 saturated heterocycles. The third kappa shape index (κ3) is 3.64. The molecule has 0 saturated carbocycles. The Kier molecular flexibility index (Phi) is 5.53. The zero-order valence-electron chi connectivity index (χ0n) is 19.7. The molecule has 1 N–H and O–H groups in total. The first kappa shape index (κ1) is 22.1. The number of nitriles is 1. The maximum Gasteiger partial charge on any atom is 0.407 e. The molecule has 3 heterocycles. The summed E-state index contributed by atoms with van der Waals surface area (Å²) in [5.41, 5.74) is 4.22. The standard InChI is InChI=1S/C28H25N5O3/c29-11-10-19-16-32(12-13-33(19)28(34)35)27-25-24(30-17-31-27)15-23(22-9-4-14-36-26(22)25)21-8-3-6-18-5-1-2-7-20(18)21/h1-3,5-8,15,17,19H,4,9-10,12-14,16H2,(H,34,35). The molecule has 1 aromatic heterocycles. The van der Waals surface area contributed by atoms with E-state index in [1.807, 2.05) is 6.07 Å². The number of amides is 1. The summed E-state index contributed by atoms with van der Waals surface area (Å²) in [4.78, 5) is 24.4. The van der Waals surface area contributed by atoms with Crippen molar-refractivity contribution in [3.63, 3.8) is 0 Å². The number of rotatable bonds is 3. The fraction of sp³-hybridized carbons (Fsp3) is 0.286. The molecule has 6 rings (SSSR count). The Labute approximate surface area is 208 Å². The van der Waals surface area contributed by atoms with Gasteiger partial charge in [0.2, 0.25) is 0 Å². The third-order valence-electron chi connectivity index (χ3n) is 7.22. The average Bonchev–Trinajstić information content (AvgIpc) is 2.92. The van der Waals surface area contributed by atoms with E-state index in [9.17, 15) is 15.2 Å². The van der Waals surface area contributed by atoms with Gasteiger partial charge >= 0.3 is 6.09 Å². The van der Waals surface area contributed by atoms with E-state index in [4.69, 9.17) is 4.74 Å². The van der Waals surface area contributed by atoms with Crippen molar-refractivity contribution in [3.05, 3.63) is 60.4 Å². The van der Waals surface area contributed by atoms with E-state index >= 15 is 0 Å². The number of carbonyl (C=O) groups is 1. The van der Waals surface area contributed by atoms with Crippen molar-refractivity contribution in [3.8, 4) is 22.9 Å². The molecule has 1 amide bonds. The van der Waals surface area contributed by atoms with Gasteiger partial charge in [0.1, 0.15) is 17.9 Å². The van der Waals surface area contributed by atoms with Gasteiger partial charge in [0, 0.05) is 25.2 Å². The summed E-state index contributed by atoms with van der Waals surface area (Å²) in [6.07, 6.45) is 2.51. The molecule has 0 aliphatic carbocycles. The molecule has 2 aliphatic rings. The minimum atomic E-state index is -0.997. The lowest BCUT2D eigenvalue weighted by atomic mass is 9.89. The van der Waals surface area contributed by atoms with Gasteiger partial charge in [-0.25, -0.2) is 14.8 Å². The Morgan fingerprint density at radius 3 is 2.86 bits per heavy atom. The highest BCUT2D eigenvalue weighted by Gasteiger charge is 2.33. The fourth-order valence-electron chi connectivity index (χ4n) is 5.56. The lowest BCUT2D eigenvalue weighted by molar-refractivity contribution is 0.119. The highest BCUT2D eigenvalue weighted by Crippen LogP contribution is 2.44. The molecule has 180 valence electrons. The smallest absolute Gasteiger partial charge is 0.407 e. The van der Waals surface area contributed by atoms with Crippen LogP contribution >= 0.6 is 0 Å². The molecule has 0 spiro atoms. The summed E-state index contributed by atoms with van der Waals surface area (Å²) < 4.78 is 6.31. The normalized spacial score (nSPS) is 17.5. The van der Waals surface area contributed by atoms with Gasteiger partial charge in [-0.05, 0) is 40.8 Å². The highest BCUT2D eigenvalue weighted by atomic mass is 16.5. The molecule has 1 unspecified atom stereocenters. The van der Waals surface area contributed by atoms with Crippen molar-refractivity contribution in [1.29, 1.82) is 5.26 Å². The van der Waals surface area contributed by atoms with Crippen molar-refractivity contribution in [2.45, 2.75) is 25.3 Å². The van der Waals surface area contributed by atoms with Crippen LogP contribution in [0.1, 0.15) is 18.4 Å². The van der Waals surface area contributed by atoms with Gasteiger partial charge in [0.15, 0.2) is 0 Å². The van der Waals surface area contributed by atoms with Gasteiger partial charge in [0.25, 0.3) is 0 Å². The van der Waals surface area contributed by atoms with Crippen LogP contribution in [0.25, 0.3) is 32.8 Å². The predicted molar refractivity (Wildman–Crippen MR) is 137 cm³/mol. The maximum atomic E-state index is 11.7. The Morgan fingerprint density at radius 1 is 1.14 bits per heavy atom. The molecule has 2 aliphatic heterocycles. The van der Waals surface area contributed by atoms with Crippen LogP contribution in [-0.4, -0.2) is 58.4 Å². The van der Waals surface area contributed by atoms with Crippen molar-refractivity contribution in [2.24, 2.45) is 0 Å². The third-order valence-corrected chi connectivity index (χ3v) is 7.22. The van der Waals surface area contributed by atoms with Crippen LogP contribution < -0.4 is 9.64 Å². The van der Waals surface area contributed by atoms with Crippen LogP contribution in [0.2, 0.25) is 0 Å². The first-order valence-electron chi connectivity index (χ1n) is 12.2. The van der Waals surface area contributed by atoms with Gasteiger partial charge in [-0.3, -0.25) is 0 Å². The van der Waals surface area contributed by atoms with Crippen LogP contribution in [0.5, 0.6) is 5.75 Å². The topological polar surface area (TPSA) is 103 Å². The molecular formula is C28H25N5O3. The second-order valence-corrected chi connectivity index (χ2v) is 9.24. The number of hydrogen-bond donors (Lipinski definition) is 1. The number of hydrogen-bond acceptors (Lipinski definition) is 6. The van der Waals surface area contributed by atoms with E-state index in [1.54, 1.807) is 6.33 Å². The van der Waals surface area contributed by atoms with Crippen molar-refractivity contribution >= 4 is 33.6 Å². The molecule has 4 aromatic rings. The first-order valence-corrected chi connectivity index (χ1v) is 12.2. The summed E-state index contributed by atoms with van der Waals surface area (Å²) in [6, 6.07) is 18.6. The summed E-state index contributed by atoms with van der Waals surface area (Å²) in [5, 5.41) is 22.1. The van der Waals surface area contributed by atoms with Gasteiger partial charge in [0.05, 0.1) is 36.0 Å². The lowest BCUT2D eigenvalue weighted by Crippen LogP contribution is -2.55. The van der Waals surface area contributed by atoms with E-state index in [1.165, 1.54) is 15.7 Å². The van der Waals surface area contributed by atoms with Crippen molar-refractivity contribution in [2.75, 3.05) is 31.1 Å². The first-order chi connectivity index (χ1) is 17.7. The maximum absolute atomic E-state index is 11.7. The van der Waals surface area contributed by atoms with Crippen LogP contribution in [0.4, 0.5) is 10.6 Å². The van der Waals surface area contributed by atoms with Crippen LogP contribution in [-0.2, 0) is 6.42 Å². The quantitative estimate of drug-likeness (QED) is 0.448. The minimum Gasteiger partial charge on any atom is -0.492 e.